The number of nitrogens with zero attached hydrogens (tertiary/aromatic N) is 2. The molecular formula is C20H35FeN2O2Sn+. The first-order valence-corrected chi connectivity index (χ1v) is 15.7. The number of ether oxygens (including phenoxy) is 1. The van der Waals surface area contributed by atoms with Crippen LogP contribution in [0.5, 0.6) is 0 Å². The summed E-state index contributed by atoms with van der Waals surface area (Å²) in [6.45, 7) is 10.4. The third-order valence-corrected chi connectivity index (χ3v) is 12.9. The maximum absolute atomic E-state index is 9.83. The molecule has 0 aliphatic carbocycles. The molecule has 0 saturated carbocycles. The number of β-amino-alcohol motifs (C(OH)–C–C–N with tert-alkyl or cyclic N) is 1. The monoisotopic (exact) mass is 511 g/mol. The van der Waals surface area contributed by atoms with Crippen molar-refractivity contribution in [1.82, 2.24) is 9.80 Å². The Morgan fingerprint density at radius 2 is 1.58 bits per heavy atom. The van der Waals surface area contributed by atoms with Crippen LogP contribution in [0.4, 0.5) is 0 Å². The smallest absolute Gasteiger partial charge is 0 e. The van der Waals surface area contributed by atoms with Crippen molar-refractivity contribution in [3.63, 3.8) is 0 Å². The molecule has 0 aromatic heterocycles. The van der Waals surface area contributed by atoms with Crippen molar-refractivity contribution < 1.29 is 26.9 Å². The molecule has 1 aliphatic rings. The van der Waals surface area contributed by atoms with E-state index in [4.69, 9.17) is 4.74 Å². The number of rotatable bonds is 7. The van der Waals surface area contributed by atoms with Crippen LogP contribution >= 0.6 is 0 Å². The van der Waals surface area contributed by atoms with E-state index in [0.29, 0.717) is 0 Å². The molecule has 4 nitrogen and oxygen atoms in total. The molecule has 6 heteroatoms. The van der Waals surface area contributed by atoms with Gasteiger partial charge in [0, 0.05) is 17.1 Å². The number of hydrogen-bond acceptors (Lipinski definition) is 4. The average molecular weight is 510 g/mol. The summed E-state index contributed by atoms with van der Waals surface area (Å²) in [5.74, 6) is 0. The molecule has 1 saturated heterocycles. The first-order valence-electron chi connectivity index (χ1n) is 9.60. The van der Waals surface area contributed by atoms with Gasteiger partial charge in [0.05, 0.1) is 0 Å². The Balaban J connectivity index is 0.00000338. The zero-order valence-corrected chi connectivity index (χ0v) is 20.5. The Morgan fingerprint density at radius 1 is 1.00 bits per heavy atom. The van der Waals surface area contributed by atoms with Gasteiger partial charge in [-0.1, -0.05) is 0 Å². The molecule has 1 N–H and O–H groups in total. The second-order valence-electron chi connectivity index (χ2n) is 7.41. The van der Waals surface area contributed by atoms with Crippen molar-refractivity contribution in [1.29, 1.82) is 0 Å². The largest absolute Gasteiger partial charge is 0 e. The Bertz CT molecular complexity index is 478. The zero-order valence-electron chi connectivity index (χ0n) is 16.5. The van der Waals surface area contributed by atoms with E-state index in [9.17, 15) is 5.11 Å². The number of methoxy groups -OCH3 is 1. The van der Waals surface area contributed by atoms with Gasteiger partial charge in [0.1, 0.15) is 0 Å². The minimum atomic E-state index is -1.47. The second-order valence-corrected chi connectivity index (χ2v) is 15.6. The number of hydrogen-bond donors (Lipinski definition) is 1. The van der Waals surface area contributed by atoms with Crippen LogP contribution in [0.2, 0.25) is 8.87 Å². The van der Waals surface area contributed by atoms with Crippen LogP contribution in [0.3, 0.4) is 0 Å². The summed E-state index contributed by atoms with van der Waals surface area (Å²) in [5.41, 5.74) is 1.52. The number of benzene rings is 1. The molecule has 0 radical (unpaired) electrons. The van der Waals surface area contributed by atoms with Crippen LogP contribution in [0.25, 0.3) is 0 Å². The Kier molecular flexibility index (Phi) is 12.7. The fraction of sp³-hybridized carbons (Fsp3) is 0.700. The van der Waals surface area contributed by atoms with E-state index in [1.165, 1.54) is 32.0 Å². The van der Waals surface area contributed by atoms with E-state index in [1.807, 2.05) is 6.92 Å². The first-order chi connectivity index (χ1) is 12.1. The van der Waals surface area contributed by atoms with Gasteiger partial charge in [0.2, 0.25) is 0 Å². The van der Waals surface area contributed by atoms with Crippen molar-refractivity contribution >= 4 is 19.8 Å². The van der Waals surface area contributed by atoms with Gasteiger partial charge in [-0.15, -0.1) is 0 Å². The predicted octanol–water partition coefficient (Wildman–Crippen LogP) is 2.29. The standard InChI is InChI=1S/C13H28N2O2.C7H7.Fe.Sn/c1-6-14(10-12(3)16)8-9-15(7-2)11-13(4)17-5;1-7-5-3-2-4-6-7;;/h12-13,16H,1-2,6-11H2,3-5H3;2-6H,1H2;;/q;;;+1/t12-,13-;;;/m0.../s1. The van der Waals surface area contributed by atoms with E-state index in [2.05, 4.69) is 47.1 Å². The van der Waals surface area contributed by atoms with Crippen molar-refractivity contribution in [2.45, 2.75) is 39.4 Å². The maximum atomic E-state index is 9.83. The summed E-state index contributed by atoms with van der Waals surface area (Å²) in [6, 6.07) is 11.0. The van der Waals surface area contributed by atoms with Gasteiger partial charge in [0.15, 0.2) is 0 Å². The van der Waals surface area contributed by atoms with Gasteiger partial charge in [-0.05, 0) is 0 Å². The molecule has 0 unspecified atom stereocenters. The van der Waals surface area contributed by atoms with Gasteiger partial charge >= 0.3 is 161 Å². The maximum Gasteiger partial charge on any atom is 0 e. The Hall–Kier alpha value is 0.378. The van der Waals surface area contributed by atoms with Gasteiger partial charge < -0.3 is 0 Å². The molecule has 2 atom stereocenters. The quantitative estimate of drug-likeness (QED) is 0.572. The Morgan fingerprint density at radius 3 is 2.12 bits per heavy atom. The van der Waals surface area contributed by atoms with Crippen molar-refractivity contribution in [3.05, 3.63) is 35.9 Å². The van der Waals surface area contributed by atoms with Crippen LogP contribution in [0.1, 0.15) is 19.4 Å². The molecule has 148 valence electrons. The van der Waals surface area contributed by atoms with Crippen LogP contribution in [0.15, 0.2) is 30.3 Å². The summed E-state index contributed by atoms with van der Waals surface area (Å²) in [6.07, 6.45) is 0.0421. The number of aliphatic hydroxyl groups excluding tert-OH is 1. The van der Waals surface area contributed by atoms with E-state index in [0.717, 1.165) is 26.2 Å². The van der Waals surface area contributed by atoms with E-state index < -0.39 is 19.8 Å². The van der Waals surface area contributed by atoms with Crippen LogP contribution in [-0.4, -0.2) is 93.3 Å². The molecule has 1 aliphatic heterocycles. The van der Waals surface area contributed by atoms with Gasteiger partial charge in [-0.25, -0.2) is 0 Å². The van der Waals surface area contributed by atoms with Crippen molar-refractivity contribution in [3.8, 4) is 0 Å². The molecule has 0 amide bonds. The molecule has 1 aromatic carbocycles. The fourth-order valence-corrected chi connectivity index (χ4v) is 11.2. The third kappa shape index (κ3) is 9.54. The molecule has 0 spiro atoms. The fourth-order valence-electron chi connectivity index (χ4n) is 3.50. The molecule has 26 heavy (non-hydrogen) atoms. The Labute approximate surface area is 177 Å². The minimum Gasteiger partial charge on any atom is 0 e. The normalized spacial score (nSPS) is 19.8. The molecule has 1 aromatic rings. The molecule has 2 rings (SSSR count). The molecular weight excluding hydrogens is 475 g/mol. The third-order valence-electron chi connectivity index (χ3n) is 5.03. The van der Waals surface area contributed by atoms with Crippen LogP contribution in [0, 0.1) is 0 Å². The van der Waals surface area contributed by atoms with Gasteiger partial charge in [-0.2, -0.15) is 0 Å². The van der Waals surface area contributed by atoms with Crippen molar-refractivity contribution in [2.24, 2.45) is 0 Å². The van der Waals surface area contributed by atoms with Crippen LogP contribution < -0.4 is 0 Å². The van der Waals surface area contributed by atoms with Gasteiger partial charge in [0.25, 0.3) is 0 Å². The molecule has 0 bridgehead atoms. The summed E-state index contributed by atoms with van der Waals surface area (Å²) >= 11 is -1.47. The first kappa shape index (κ1) is 24.4. The summed E-state index contributed by atoms with van der Waals surface area (Å²) < 4.78 is 9.66. The summed E-state index contributed by atoms with van der Waals surface area (Å²) in [5, 5.41) is 9.83. The van der Waals surface area contributed by atoms with E-state index in [-0.39, 0.29) is 29.3 Å². The van der Waals surface area contributed by atoms with E-state index >= 15 is 0 Å². The SMILES string of the molecule is CO[C@@H](C)CN1CCN(C[C@H](C)O)C[CH2][Sn+]([CH2]c2ccccc2)[CH2]C1.[Fe]. The summed E-state index contributed by atoms with van der Waals surface area (Å²) in [7, 11) is 1.80. The zero-order chi connectivity index (χ0) is 18.1. The average Bonchev–Trinajstić information content (AvgIpc) is 2.68. The van der Waals surface area contributed by atoms with Gasteiger partial charge in [-0.3, -0.25) is 0 Å². The minimum absolute atomic E-state index is 0. The second kappa shape index (κ2) is 13.5. The molecule has 1 fully saturated rings. The van der Waals surface area contributed by atoms with Crippen molar-refractivity contribution in [2.75, 3.05) is 46.4 Å². The van der Waals surface area contributed by atoms with E-state index in [1.54, 1.807) is 7.11 Å². The number of aliphatic hydroxyl groups is 1. The molecule has 1 heterocycles. The predicted molar refractivity (Wildman–Crippen MR) is 107 cm³/mol. The topological polar surface area (TPSA) is 35.9 Å². The van der Waals surface area contributed by atoms with Crippen LogP contribution in [-0.2, 0) is 26.2 Å². The summed E-state index contributed by atoms with van der Waals surface area (Å²) in [4.78, 5) is 5.06.